The van der Waals surface area contributed by atoms with Gasteiger partial charge in [-0.15, -0.1) is 0 Å². The van der Waals surface area contributed by atoms with Crippen LogP contribution in [0, 0.1) is 0 Å². The Labute approximate surface area is 134 Å². The van der Waals surface area contributed by atoms with Crippen molar-refractivity contribution >= 4 is 32.5 Å². The van der Waals surface area contributed by atoms with Gasteiger partial charge in [0.2, 0.25) is 0 Å². The lowest BCUT2D eigenvalue weighted by atomic mass is 9.98. The maximum Gasteiger partial charge on any atom is 0.0936 e. The normalized spacial score (nSPS) is 23.3. The minimum Gasteiger partial charge on any atom is -0.368 e. The standard InChI is InChI=1S/C17H22BrN3/c1-3-17(2)12-21(9-5-8-20-17)15-7-4-6-13-10-14(18)11-19-16(13)15/h4,6-7,10-11,20H,3,5,8-9,12H2,1-2H3. The zero-order valence-electron chi connectivity index (χ0n) is 12.7. The summed E-state index contributed by atoms with van der Waals surface area (Å²) < 4.78 is 1.03. The number of hydrogen-bond donors (Lipinski definition) is 1. The largest absolute Gasteiger partial charge is 0.368 e. The molecule has 0 saturated carbocycles. The third-order valence-corrected chi connectivity index (χ3v) is 4.91. The van der Waals surface area contributed by atoms with Crippen molar-refractivity contribution in [3.8, 4) is 0 Å². The van der Waals surface area contributed by atoms with Crippen LogP contribution in [-0.2, 0) is 0 Å². The topological polar surface area (TPSA) is 28.2 Å². The molecule has 21 heavy (non-hydrogen) atoms. The number of anilines is 1. The molecule has 0 aliphatic carbocycles. The number of para-hydroxylation sites is 1. The summed E-state index contributed by atoms with van der Waals surface area (Å²) in [6, 6.07) is 8.60. The fraction of sp³-hybridized carbons (Fsp3) is 0.471. The van der Waals surface area contributed by atoms with E-state index in [2.05, 4.69) is 69.2 Å². The van der Waals surface area contributed by atoms with Gasteiger partial charge in [0.05, 0.1) is 11.2 Å². The summed E-state index contributed by atoms with van der Waals surface area (Å²) in [7, 11) is 0. The number of nitrogens with zero attached hydrogens (tertiary/aromatic N) is 2. The lowest BCUT2D eigenvalue weighted by molar-refractivity contribution is 0.366. The first-order chi connectivity index (χ1) is 10.1. The van der Waals surface area contributed by atoms with Crippen molar-refractivity contribution in [2.75, 3.05) is 24.5 Å². The van der Waals surface area contributed by atoms with Crippen LogP contribution in [-0.4, -0.2) is 30.2 Å². The van der Waals surface area contributed by atoms with E-state index in [9.17, 15) is 0 Å². The molecule has 2 heterocycles. The highest BCUT2D eigenvalue weighted by Crippen LogP contribution is 2.29. The smallest absolute Gasteiger partial charge is 0.0936 e. The Morgan fingerprint density at radius 3 is 3.10 bits per heavy atom. The quantitative estimate of drug-likeness (QED) is 0.890. The second-order valence-corrected chi connectivity index (χ2v) is 7.03. The van der Waals surface area contributed by atoms with E-state index < -0.39 is 0 Å². The Hall–Kier alpha value is -1.13. The highest BCUT2D eigenvalue weighted by atomic mass is 79.9. The van der Waals surface area contributed by atoms with Crippen LogP contribution in [0.2, 0.25) is 0 Å². The van der Waals surface area contributed by atoms with E-state index in [0.29, 0.717) is 0 Å². The molecule has 1 aromatic carbocycles. The highest BCUT2D eigenvalue weighted by molar-refractivity contribution is 9.10. The summed E-state index contributed by atoms with van der Waals surface area (Å²) in [4.78, 5) is 7.14. The van der Waals surface area contributed by atoms with E-state index in [1.807, 2.05) is 6.20 Å². The fourth-order valence-electron chi connectivity index (χ4n) is 3.03. The lowest BCUT2D eigenvalue weighted by Gasteiger charge is -2.34. The summed E-state index contributed by atoms with van der Waals surface area (Å²) in [5.74, 6) is 0. The van der Waals surface area contributed by atoms with E-state index in [1.165, 1.54) is 17.5 Å². The lowest BCUT2D eigenvalue weighted by Crippen LogP contribution is -2.48. The number of benzene rings is 1. The number of rotatable bonds is 2. The van der Waals surface area contributed by atoms with Gasteiger partial charge in [-0.25, -0.2) is 0 Å². The van der Waals surface area contributed by atoms with Gasteiger partial charge in [-0.2, -0.15) is 0 Å². The van der Waals surface area contributed by atoms with E-state index in [-0.39, 0.29) is 5.54 Å². The molecule has 1 unspecified atom stereocenters. The van der Waals surface area contributed by atoms with Crippen molar-refractivity contribution in [3.63, 3.8) is 0 Å². The molecular formula is C17H22BrN3. The molecule has 1 fully saturated rings. The van der Waals surface area contributed by atoms with Gasteiger partial charge in [-0.1, -0.05) is 19.1 Å². The van der Waals surface area contributed by atoms with Crippen molar-refractivity contribution in [1.82, 2.24) is 10.3 Å². The van der Waals surface area contributed by atoms with E-state index in [0.717, 1.165) is 36.0 Å². The number of pyridine rings is 1. The minimum atomic E-state index is 0.175. The number of fused-ring (bicyclic) bond motifs is 1. The number of hydrogen-bond acceptors (Lipinski definition) is 3. The van der Waals surface area contributed by atoms with Gasteiger partial charge in [-0.05, 0) is 54.4 Å². The maximum absolute atomic E-state index is 4.65. The molecule has 1 aliphatic heterocycles. The second kappa shape index (κ2) is 5.93. The molecule has 0 spiro atoms. The van der Waals surface area contributed by atoms with Gasteiger partial charge in [0, 0.05) is 34.7 Å². The summed E-state index contributed by atoms with van der Waals surface area (Å²) in [6.45, 7) is 7.78. The van der Waals surface area contributed by atoms with E-state index in [1.54, 1.807) is 0 Å². The van der Waals surface area contributed by atoms with Crippen LogP contribution in [0.15, 0.2) is 34.9 Å². The van der Waals surface area contributed by atoms with Crippen LogP contribution in [0.5, 0.6) is 0 Å². The molecule has 112 valence electrons. The molecule has 4 heteroatoms. The zero-order chi connectivity index (χ0) is 14.9. The van der Waals surface area contributed by atoms with E-state index >= 15 is 0 Å². The fourth-order valence-corrected chi connectivity index (χ4v) is 3.38. The number of halogens is 1. The molecule has 1 saturated heterocycles. The van der Waals surface area contributed by atoms with Crippen molar-refractivity contribution in [3.05, 3.63) is 34.9 Å². The van der Waals surface area contributed by atoms with Crippen LogP contribution < -0.4 is 10.2 Å². The van der Waals surface area contributed by atoms with Gasteiger partial charge in [0.25, 0.3) is 0 Å². The number of nitrogens with one attached hydrogen (secondary N) is 1. The molecule has 3 rings (SSSR count). The monoisotopic (exact) mass is 347 g/mol. The van der Waals surface area contributed by atoms with Gasteiger partial charge >= 0.3 is 0 Å². The van der Waals surface area contributed by atoms with Crippen molar-refractivity contribution in [2.45, 2.75) is 32.2 Å². The molecule has 0 bridgehead atoms. The third kappa shape index (κ3) is 3.06. The van der Waals surface area contributed by atoms with Crippen molar-refractivity contribution < 1.29 is 0 Å². The minimum absolute atomic E-state index is 0.175. The van der Waals surface area contributed by atoms with Crippen molar-refractivity contribution in [1.29, 1.82) is 0 Å². The molecule has 1 aliphatic rings. The molecular weight excluding hydrogens is 326 g/mol. The first kappa shape index (κ1) is 14.8. The summed E-state index contributed by atoms with van der Waals surface area (Å²) in [5, 5.41) is 4.89. The Morgan fingerprint density at radius 2 is 2.29 bits per heavy atom. The molecule has 0 radical (unpaired) electrons. The average molecular weight is 348 g/mol. The van der Waals surface area contributed by atoms with Gasteiger partial charge in [0.1, 0.15) is 0 Å². The second-order valence-electron chi connectivity index (χ2n) is 6.12. The first-order valence-electron chi connectivity index (χ1n) is 7.65. The Morgan fingerprint density at radius 1 is 1.43 bits per heavy atom. The van der Waals surface area contributed by atoms with Crippen LogP contribution in [0.25, 0.3) is 10.9 Å². The Balaban J connectivity index is 2.02. The molecule has 1 N–H and O–H groups in total. The van der Waals surface area contributed by atoms with Gasteiger partial charge in [-0.3, -0.25) is 4.98 Å². The number of aromatic nitrogens is 1. The molecule has 1 atom stereocenters. The zero-order valence-corrected chi connectivity index (χ0v) is 14.3. The Bertz CT molecular complexity index is 643. The highest BCUT2D eigenvalue weighted by Gasteiger charge is 2.28. The average Bonchev–Trinajstić information content (AvgIpc) is 2.69. The first-order valence-corrected chi connectivity index (χ1v) is 8.45. The van der Waals surface area contributed by atoms with Crippen LogP contribution in [0.1, 0.15) is 26.7 Å². The SMILES string of the molecule is CCC1(C)CN(c2cccc3cc(Br)cnc23)CCCN1. The third-order valence-electron chi connectivity index (χ3n) is 4.47. The van der Waals surface area contributed by atoms with Crippen LogP contribution >= 0.6 is 15.9 Å². The maximum atomic E-state index is 4.65. The predicted molar refractivity (Wildman–Crippen MR) is 93.0 cm³/mol. The van der Waals surface area contributed by atoms with Gasteiger partial charge < -0.3 is 10.2 Å². The van der Waals surface area contributed by atoms with Crippen LogP contribution in [0.4, 0.5) is 5.69 Å². The molecule has 3 nitrogen and oxygen atoms in total. The summed E-state index contributed by atoms with van der Waals surface area (Å²) in [6.07, 6.45) is 4.19. The molecule has 1 aromatic heterocycles. The molecule has 0 amide bonds. The van der Waals surface area contributed by atoms with Crippen LogP contribution in [0.3, 0.4) is 0 Å². The Kier molecular flexibility index (Phi) is 4.18. The molecule has 2 aromatic rings. The van der Waals surface area contributed by atoms with E-state index in [4.69, 9.17) is 0 Å². The summed E-state index contributed by atoms with van der Waals surface area (Å²) >= 11 is 3.51. The summed E-state index contributed by atoms with van der Waals surface area (Å²) in [5.41, 5.74) is 2.53. The predicted octanol–water partition coefficient (Wildman–Crippen LogP) is 3.97. The van der Waals surface area contributed by atoms with Gasteiger partial charge in [0.15, 0.2) is 0 Å². The van der Waals surface area contributed by atoms with Crippen molar-refractivity contribution in [2.24, 2.45) is 0 Å².